The molecule has 1 aromatic carbocycles. The van der Waals surface area contributed by atoms with Crippen LogP contribution in [0.1, 0.15) is 31.2 Å². The number of carbonyl (C=O) groups is 1. The van der Waals surface area contributed by atoms with Gasteiger partial charge in [-0.05, 0) is 30.5 Å². The van der Waals surface area contributed by atoms with Crippen molar-refractivity contribution in [3.8, 4) is 0 Å². The van der Waals surface area contributed by atoms with Crippen molar-refractivity contribution in [2.75, 3.05) is 32.4 Å². The first-order valence-electron chi connectivity index (χ1n) is 8.33. The van der Waals surface area contributed by atoms with Gasteiger partial charge in [0.15, 0.2) is 0 Å². The zero-order valence-corrected chi connectivity index (χ0v) is 15.4. The molecule has 0 aromatic heterocycles. The maximum atomic E-state index is 13.3. The van der Waals surface area contributed by atoms with Crippen molar-refractivity contribution < 1.29 is 13.2 Å². The third-order valence-electron chi connectivity index (χ3n) is 5.26. The molecule has 0 N–H and O–H groups in total. The largest absolute Gasteiger partial charge is 0.339 e. The average Bonchev–Trinajstić information content (AvgIpc) is 3.05. The number of amides is 1. The average molecular weight is 371 g/mol. The lowest BCUT2D eigenvalue weighted by atomic mass is 9.77. The molecule has 2 aliphatic rings. The lowest BCUT2D eigenvalue weighted by Gasteiger charge is -2.39. The molecule has 0 atom stereocenters. The van der Waals surface area contributed by atoms with Gasteiger partial charge >= 0.3 is 0 Å². The predicted molar refractivity (Wildman–Crippen MR) is 94.6 cm³/mol. The van der Waals surface area contributed by atoms with Crippen molar-refractivity contribution >= 4 is 27.5 Å². The van der Waals surface area contributed by atoms with Gasteiger partial charge in [-0.1, -0.05) is 36.6 Å². The lowest BCUT2D eigenvalue weighted by Crippen LogP contribution is -2.54. The van der Waals surface area contributed by atoms with Crippen LogP contribution in [0.25, 0.3) is 0 Å². The molecule has 2 fully saturated rings. The van der Waals surface area contributed by atoms with Crippen molar-refractivity contribution in [3.05, 3.63) is 34.9 Å². The number of carbonyl (C=O) groups excluding carboxylic acids is 1. The molecule has 0 spiro atoms. The Morgan fingerprint density at radius 2 is 1.58 bits per heavy atom. The van der Waals surface area contributed by atoms with Crippen molar-refractivity contribution in [3.63, 3.8) is 0 Å². The van der Waals surface area contributed by atoms with Crippen LogP contribution in [0.3, 0.4) is 0 Å². The van der Waals surface area contributed by atoms with E-state index in [1.54, 1.807) is 0 Å². The summed E-state index contributed by atoms with van der Waals surface area (Å²) >= 11 is 5.99. The first kappa shape index (κ1) is 17.7. The van der Waals surface area contributed by atoms with E-state index in [0.29, 0.717) is 31.2 Å². The number of hydrogen-bond donors (Lipinski definition) is 0. The minimum absolute atomic E-state index is 0.135. The second-order valence-corrected chi connectivity index (χ2v) is 9.17. The van der Waals surface area contributed by atoms with Gasteiger partial charge in [-0.15, -0.1) is 0 Å². The van der Waals surface area contributed by atoms with Crippen LogP contribution < -0.4 is 0 Å². The number of piperazine rings is 1. The number of hydrogen-bond acceptors (Lipinski definition) is 3. The highest BCUT2D eigenvalue weighted by Gasteiger charge is 2.45. The van der Waals surface area contributed by atoms with Gasteiger partial charge in [0, 0.05) is 31.2 Å². The Morgan fingerprint density at radius 3 is 2.08 bits per heavy atom. The fourth-order valence-electron chi connectivity index (χ4n) is 3.90. The molecule has 1 aromatic rings. The number of nitrogens with zero attached hydrogens (tertiary/aromatic N) is 2. The van der Waals surface area contributed by atoms with E-state index in [-0.39, 0.29) is 5.91 Å². The van der Waals surface area contributed by atoms with Gasteiger partial charge in [0.25, 0.3) is 0 Å². The Bertz CT molecular complexity index is 704. The summed E-state index contributed by atoms with van der Waals surface area (Å²) in [6.07, 6.45) is 4.99. The van der Waals surface area contributed by atoms with Gasteiger partial charge in [0.1, 0.15) is 0 Å². The van der Waals surface area contributed by atoms with E-state index >= 15 is 0 Å². The summed E-state index contributed by atoms with van der Waals surface area (Å²) in [5.41, 5.74) is 0.553. The van der Waals surface area contributed by atoms with E-state index in [2.05, 4.69) is 0 Å². The van der Waals surface area contributed by atoms with Crippen molar-refractivity contribution in [2.45, 2.75) is 31.1 Å². The van der Waals surface area contributed by atoms with Crippen molar-refractivity contribution in [2.24, 2.45) is 0 Å². The summed E-state index contributed by atoms with van der Waals surface area (Å²) < 4.78 is 24.7. The summed E-state index contributed by atoms with van der Waals surface area (Å²) in [5, 5.41) is 0.668. The van der Waals surface area contributed by atoms with Gasteiger partial charge in [0.2, 0.25) is 15.9 Å². The van der Waals surface area contributed by atoms with Crippen LogP contribution in [-0.2, 0) is 20.2 Å². The highest BCUT2D eigenvalue weighted by Crippen LogP contribution is 2.43. The van der Waals surface area contributed by atoms with Gasteiger partial charge < -0.3 is 4.90 Å². The fraction of sp³-hybridized carbons (Fsp3) is 0.588. The van der Waals surface area contributed by atoms with Crippen LogP contribution in [-0.4, -0.2) is 56.0 Å². The summed E-state index contributed by atoms with van der Waals surface area (Å²) in [7, 11) is -3.19. The molecule has 0 bridgehead atoms. The quantitative estimate of drug-likeness (QED) is 0.820. The first-order valence-corrected chi connectivity index (χ1v) is 10.6. The molecular formula is C17H23ClN2O3S. The number of benzene rings is 1. The topological polar surface area (TPSA) is 57.7 Å². The third kappa shape index (κ3) is 3.32. The maximum absolute atomic E-state index is 13.3. The normalized spacial score (nSPS) is 21.8. The monoisotopic (exact) mass is 370 g/mol. The van der Waals surface area contributed by atoms with Crippen LogP contribution in [0.2, 0.25) is 5.02 Å². The number of sulfonamides is 1. The second-order valence-electron chi connectivity index (χ2n) is 6.75. The molecule has 5 nitrogen and oxygen atoms in total. The molecule has 1 aliphatic carbocycles. The molecular weight excluding hydrogens is 348 g/mol. The highest BCUT2D eigenvalue weighted by molar-refractivity contribution is 7.88. The van der Waals surface area contributed by atoms with Crippen LogP contribution in [0, 0.1) is 0 Å². The Kier molecular flexibility index (Phi) is 4.91. The molecule has 1 heterocycles. The Hall–Kier alpha value is -1.11. The molecule has 7 heteroatoms. The third-order valence-corrected chi connectivity index (χ3v) is 6.81. The van der Waals surface area contributed by atoms with E-state index in [1.807, 2.05) is 29.2 Å². The van der Waals surface area contributed by atoms with E-state index in [1.165, 1.54) is 10.6 Å². The number of halogens is 1. The van der Waals surface area contributed by atoms with Gasteiger partial charge in [0.05, 0.1) is 11.7 Å². The van der Waals surface area contributed by atoms with E-state index in [0.717, 1.165) is 31.2 Å². The van der Waals surface area contributed by atoms with Gasteiger partial charge in [-0.2, -0.15) is 4.31 Å². The van der Waals surface area contributed by atoms with E-state index < -0.39 is 15.4 Å². The molecule has 1 saturated carbocycles. The molecule has 132 valence electrons. The predicted octanol–water partition coefficient (Wildman–Crippen LogP) is 2.26. The zero-order chi connectivity index (χ0) is 17.4. The smallest absolute Gasteiger partial charge is 0.233 e. The molecule has 1 amide bonds. The molecule has 3 rings (SSSR count). The molecule has 24 heavy (non-hydrogen) atoms. The standard InChI is InChI=1S/C17H23ClN2O3S/c1-24(22,23)20-12-10-19(11-13-20)16(21)17(8-2-3-9-17)14-4-6-15(18)7-5-14/h4-7H,2-3,8-13H2,1H3. The minimum atomic E-state index is -3.19. The van der Waals surface area contributed by atoms with Crippen LogP contribution in [0.5, 0.6) is 0 Å². The molecule has 0 radical (unpaired) electrons. The highest BCUT2D eigenvalue weighted by atomic mass is 35.5. The maximum Gasteiger partial charge on any atom is 0.233 e. The van der Waals surface area contributed by atoms with E-state index in [9.17, 15) is 13.2 Å². The fourth-order valence-corrected chi connectivity index (χ4v) is 4.85. The molecule has 1 saturated heterocycles. The van der Waals surface area contributed by atoms with E-state index in [4.69, 9.17) is 11.6 Å². The van der Waals surface area contributed by atoms with Crippen molar-refractivity contribution in [1.29, 1.82) is 0 Å². The Balaban J connectivity index is 1.80. The summed E-state index contributed by atoms with van der Waals surface area (Å²) in [6, 6.07) is 7.59. The number of rotatable bonds is 3. The molecule has 0 unspecified atom stereocenters. The lowest BCUT2D eigenvalue weighted by molar-refractivity contribution is -0.138. The summed E-state index contributed by atoms with van der Waals surface area (Å²) in [5.74, 6) is 0.135. The second kappa shape index (κ2) is 6.65. The zero-order valence-electron chi connectivity index (χ0n) is 13.9. The van der Waals surface area contributed by atoms with Crippen LogP contribution >= 0.6 is 11.6 Å². The Labute approximate surface area is 148 Å². The minimum Gasteiger partial charge on any atom is -0.339 e. The molecule has 1 aliphatic heterocycles. The Morgan fingerprint density at radius 1 is 1.04 bits per heavy atom. The van der Waals surface area contributed by atoms with Crippen molar-refractivity contribution in [1.82, 2.24) is 9.21 Å². The first-order chi connectivity index (χ1) is 11.3. The van der Waals surface area contributed by atoms with Gasteiger partial charge in [-0.3, -0.25) is 4.79 Å². The van der Waals surface area contributed by atoms with Crippen LogP contribution in [0.4, 0.5) is 0 Å². The summed E-state index contributed by atoms with van der Waals surface area (Å²) in [6.45, 7) is 1.67. The van der Waals surface area contributed by atoms with Crippen LogP contribution in [0.15, 0.2) is 24.3 Å². The summed E-state index contributed by atoms with van der Waals surface area (Å²) in [4.78, 5) is 15.1. The van der Waals surface area contributed by atoms with Gasteiger partial charge in [-0.25, -0.2) is 8.42 Å². The SMILES string of the molecule is CS(=O)(=O)N1CCN(C(=O)C2(c3ccc(Cl)cc3)CCCC2)CC1.